The van der Waals surface area contributed by atoms with Gasteiger partial charge in [0.05, 0.1) is 11.8 Å². The molecule has 6 heteroatoms. The molecule has 1 heterocycles. The average molecular weight is 403 g/mol. The number of nitrogens with one attached hydrogen (secondary N) is 1. The molecule has 0 radical (unpaired) electrons. The van der Waals surface area contributed by atoms with Crippen LogP contribution in [0, 0.1) is 0 Å². The summed E-state index contributed by atoms with van der Waals surface area (Å²) in [6.07, 6.45) is 2.51. The van der Waals surface area contributed by atoms with Crippen LogP contribution in [0.3, 0.4) is 0 Å². The maximum Gasteiger partial charge on any atom is 0.217 e. The molecule has 1 aliphatic heterocycles. The maximum atomic E-state index is 11.4. The number of hydrogen-bond donors (Lipinski definition) is 1. The molecule has 2 aromatic carbocycles. The van der Waals surface area contributed by atoms with E-state index in [1.807, 2.05) is 19.1 Å². The Balaban J connectivity index is 1.57. The molecule has 1 aliphatic carbocycles. The van der Waals surface area contributed by atoms with Gasteiger partial charge in [0, 0.05) is 29.0 Å². The first-order chi connectivity index (χ1) is 12.8. The first-order valence-electron chi connectivity index (χ1n) is 8.96. The van der Waals surface area contributed by atoms with Crippen molar-refractivity contribution in [3.63, 3.8) is 0 Å². The average Bonchev–Trinajstić information content (AvgIpc) is 3.18. The van der Waals surface area contributed by atoms with Crippen molar-refractivity contribution in [2.24, 2.45) is 5.16 Å². The molecule has 2 aromatic rings. The Morgan fingerprint density at radius 3 is 2.67 bits per heavy atom. The van der Waals surface area contributed by atoms with Gasteiger partial charge in [0.1, 0.15) is 0 Å². The molecule has 4 rings (SSSR count). The summed E-state index contributed by atoms with van der Waals surface area (Å²) in [6, 6.07) is 11.9. The number of halogens is 2. The Morgan fingerprint density at radius 2 is 1.96 bits per heavy atom. The van der Waals surface area contributed by atoms with Crippen molar-refractivity contribution in [3.05, 3.63) is 68.7 Å². The summed E-state index contributed by atoms with van der Waals surface area (Å²) in [5, 5.41) is 8.52. The van der Waals surface area contributed by atoms with Crippen molar-refractivity contribution < 1.29 is 9.63 Å². The van der Waals surface area contributed by atoms with Crippen LogP contribution in [-0.2, 0) is 21.7 Å². The van der Waals surface area contributed by atoms with E-state index in [4.69, 9.17) is 28.0 Å². The largest absolute Gasteiger partial charge is 0.384 e. The SMILES string of the molecule is CC(=O)NC1CCc2cc(C3=NOC(C)(c4cc(Cl)cc(Cl)c4)C3)ccc21. The molecular formula is C21H20Cl2N2O2. The maximum absolute atomic E-state index is 11.4. The van der Waals surface area contributed by atoms with Crippen LogP contribution in [0.1, 0.15) is 55.0 Å². The number of carbonyl (C=O) groups is 1. The second kappa shape index (κ2) is 6.84. The van der Waals surface area contributed by atoms with Crippen LogP contribution in [0.25, 0.3) is 0 Å². The highest BCUT2D eigenvalue weighted by molar-refractivity contribution is 6.34. The van der Waals surface area contributed by atoms with Crippen molar-refractivity contribution in [2.45, 2.75) is 44.8 Å². The molecule has 1 N–H and O–H groups in total. The fourth-order valence-corrected chi connectivity index (χ4v) is 4.43. The van der Waals surface area contributed by atoms with E-state index < -0.39 is 5.60 Å². The van der Waals surface area contributed by atoms with Crippen molar-refractivity contribution in [1.82, 2.24) is 5.32 Å². The monoisotopic (exact) mass is 402 g/mol. The topological polar surface area (TPSA) is 50.7 Å². The van der Waals surface area contributed by atoms with Gasteiger partial charge in [-0.3, -0.25) is 4.79 Å². The number of hydrogen-bond acceptors (Lipinski definition) is 3. The van der Waals surface area contributed by atoms with Crippen LogP contribution in [0.15, 0.2) is 41.6 Å². The smallest absolute Gasteiger partial charge is 0.217 e. The number of amides is 1. The van der Waals surface area contributed by atoms with Gasteiger partial charge in [0.25, 0.3) is 0 Å². The number of oxime groups is 1. The standard InChI is InChI=1S/C21H20Cl2N2O2/c1-12(26)24-19-6-4-13-7-14(3-5-18(13)19)20-11-21(2,27-25-20)15-8-16(22)10-17(23)9-15/h3,5,7-10,19H,4,6,11H2,1-2H3,(H,24,26). The number of aryl methyl sites for hydroxylation is 1. The second-order valence-electron chi connectivity index (χ2n) is 7.40. The predicted molar refractivity (Wildman–Crippen MR) is 107 cm³/mol. The lowest BCUT2D eigenvalue weighted by Gasteiger charge is -2.22. The second-order valence-corrected chi connectivity index (χ2v) is 8.27. The molecule has 0 fully saturated rings. The summed E-state index contributed by atoms with van der Waals surface area (Å²) < 4.78 is 0. The molecule has 2 atom stereocenters. The number of benzene rings is 2. The molecule has 140 valence electrons. The number of nitrogens with zero attached hydrogens (tertiary/aromatic N) is 1. The summed E-state index contributed by atoms with van der Waals surface area (Å²) in [7, 11) is 0. The van der Waals surface area contributed by atoms with Gasteiger partial charge in [0.2, 0.25) is 5.91 Å². The van der Waals surface area contributed by atoms with Gasteiger partial charge in [-0.2, -0.15) is 0 Å². The number of carbonyl (C=O) groups excluding carboxylic acids is 1. The third-order valence-corrected chi connectivity index (χ3v) is 5.70. The third kappa shape index (κ3) is 3.56. The first kappa shape index (κ1) is 18.3. The minimum absolute atomic E-state index is 0.00134. The van der Waals surface area contributed by atoms with Crippen LogP contribution in [0.5, 0.6) is 0 Å². The fraction of sp³-hybridized carbons (Fsp3) is 0.333. The molecule has 2 unspecified atom stereocenters. The van der Waals surface area contributed by atoms with Crippen LogP contribution >= 0.6 is 23.2 Å². The molecule has 2 aliphatic rings. The Labute approximate surface area is 168 Å². The van der Waals surface area contributed by atoms with Crippen molar-refractivity contribution in [1.29, 1.82) is 0 Å². The van der Waals surface area contributed by atoms with Crippen molar-refractivity contribution in [2.75, 3.05) is 0 Å². The highest BCUT2D eigenvalue weighted by atomic mass is 35.5. The molecule has 1 amide bonds. The zero-order chi connectivity index (χ0) is 19.2. The van der Waals surface area contributed by atoms with E-state index in [0.717, 1.165) is 29.7 Å². The predicted octanol–water partition coefficient (Wildman–Crippen LogP) is 5.16. The molecular weight excluding hydrogens is 383 g/mol. The van der Waals surface area contributed by atoms with Gasteiger partial charge in [-0.15, -0.1) is 0 Å². The molecule has 27 heavy (non-hydrogen) atoms. The van der Waals surface area contributed by atoms with E-state index in [1.54, 1.807) is 13.0 Å². The molecule has 0 aromatic heterocycles. The Bertz CT molecular complexity index is 937. The Kier molecular flexibility index (Phi) is 4.65. The molecule has 0 saturated carbocycles. The van der Waals surface area contributed by atoms with Crippen LogP contribution in [-0.4, -0.2) is 11.6 Å². The zero-order valence-electron chi connectivity index (χ0n) is 15.2. The van der Waals surface area contributed by atoms with Gasteiger partial charge >= 0.3 is 0 Å². The molecule has 0 spiro atoms. The molecule has 4 nitrogen and oxygen atoms in total. The van der Waals surface area contributed by atoms with Crippen molar-refractivity contribution >= 4 is 34.8 Å². The van der Waals surface area contributed by atoms with Gasteiger partial charge in [-0.05, 0) is 60.7 Å². The van der Waals surface area contributed by atoms with E-state index in [-0.39, 0.29) is 11.9 Å². The quantitative estimate of drug-likeness (QED) is 0.770. The van der Waals surface area contributed by atoms with Gasteiger partial charge in [-0.1, -0.05) is 40.5 Å². The third-order valence-electron chi connectivity index (χ3n) is 5.27. The Hall–Kier alpha value is -2.04. The summed E-state index contributed by atoms with van der Waals surface area (Å²) in [5.74, 6) is 0.00134. The summed E-state index contributed by atoms with van der Waals surface area (Å²) in [5.41, 5.74) is 4.71. The van der Waals surface area contributed by atoms with Crippen LogP contribution in [0.4, 0.5) is 0 Å². The van der Waals surface area contributed by atoms with E-state index in [1.165, 1.54) is 11.1 Å². The van der Waals surface area contributed by atoms with Crippen LogP contribution < -0.4 is 5.32 Å². The number of rotatable bonds is 3. The van der Waals surface area contributed by atoms with Gasteiger partial charge in [0.15, 0.2) is 5.60 Å². The summed E-state index contributed by atoms with van der Waals surface area (Å²) in [4.78, 5) is 17.2. The molecule has 0 bridgehead atoms. The van der Waals surface area contributed by atoms with Gasteiger partial charge < -0.3 is 10.2 Å². The molecule has 0 saturated heterocycles. The lowest BCUT2D eigenvalue weighted by molar-refractivity contribution is -0.119. The highest BCUT2D eigenvalue weighted by Gasteiger charge is 2.37. The lowest BCUT2D eigenvalue weighted by atomic mass is 9.88. The lowest BCUT2D eigenvalue weighted by Crippen LogP contribution is -2.24. The first-order valence-corrected chi connectivity index (χ1v) is 9.71. The minimum Gasteiger partial charge on any atom is -0.384 e. The zero-order valence-corrected chi connectivity index (χ0v) is 16.7. The van der Waals surface area contributed by atoms with E-state index in [0.29, 0.717) is 16.5 Å². The summed E-state index contributed by atoms with van der Waals surface area (Å²) in [6.45, 7) is 3.55. The highest BCUT2D eigenvalue weighted by Crippen LogP contribution is 2.39. The van der Waals surface area contributed by atoms with Crippen molar-refractivity contribution in [3.8, 4) is 0 Å². The van der Waals surface area contributed by atoms with E-state index >= 15 is 0 Å². The van der Waals surface area contributed by atoms with E-state index in [9.17, 15) is 4.79 Å². The van der Waals surface area contributed by atoms with E-state index in [2.05, 4.69) is 28.7 Å². The fourth-order valence-electron chi connectivity index (χ4n) is 3.90. The number of fused-ring (bicyclic) bond motifs is 1. The Morgan fingerprint density at radius 1 is 1.22 bits per heavy atom. The minimum atomic E-state index is -0.596. The van der Waals surface area contributed by atoms with Gasteiger partial charge in [-0.25, -0.2) is 0 Å². The summed E-state index contributed by atoms with van der Waals surface area (Å²) >= 11 is 12.3. The van der Waals surface area contributed by atoms with Crippen LogP contribution in [0.2, 0.25) is 10.0 Å². The normalized spacial score (nSPS) is 23.6.